The number of benzene rings is 4. The van der Waals surface area contributed by atoms with Crippen LogP contribution in [0.2, 0.25) is 0 Å². The van der Waals surface area contributed by atoms with Gasteiger partial charge >= 0.3 is 5.97 Å². The lowest BCUT2D eigenvalue weighted by molar-refractivity contribution is -0.142. The molecule has 0 aromatic heterocycles. The molecule has 0 radical (unpaired) electrons. The second-order valence-electron chi connectivity index (χ2n) is 10.0. The number of ether oxygens (including phenoxy) is 2. The lowest BCUT2D eigenvalue weighted by Gasteiger charge is -2.38. The Morgan fingerprint density at radius 3 is 2.38 bits per heavy atom. The van der Waals surface area contributed by atoms with E-state index in [4.69, 9.17) is 9.47 Å². The number of carbonyl (C=O) groups excluding carboxylic acids is 3. The number of rotatable bonds is 3. The molecule has 2 heterocycles. The van der Waals surface area contributed by atoms with Crippen molar-refractivity contribution in [1.82, 2.24) is 0 Å². The molecule has 4 aromatic rings. The molecule has 7 rings (SSSR count). The first-order chi connectivity index (χ1) is 19.0. The molecule has 4 aromatic carbocycles. The van der Waals surface area contributed by atoms with Crippen molar-refractivity contribution in [3.8, 4) is 11.5 Å². The van der Waals surface area contributed by atoms with Gasteiger partial charge in [0.05, 0.1) is 30.6 Å². The highest BCUT2D eigenvalue weighted by molar-refractivity contribution is 9.10. The number of hydrogen-bond acceptors (Lipinski definition) is 5. The molecule has 39 heavy (non-hydrogen) atoms. The van der Waals surface area contributed by atoms with Crippen LogP contribution in [0, 0.1) is 17.8 Å². The minimum Gasteiger partial charge on any atom is -0.497 e. The monoisotopic (exact) mass is 579 g/mol. The molecule has 6 nitrogen and oxygen atoms in total. The maximum Gasteiger partial charge on any atom is 0.319 e. The number of anilines is 1. The molecule has 0 spiro atoms. The Morgan fingerprint density at radius 1 is 0.846 bits per heavy atom. The summed E-state index contributed by atoms with van der Waals surface area (Å²) in [6.45, 7) is 0. The average Bonchev–Trinajstić information content (AvgIpc) is 3.22. The molecule has 2 amide bonds. The van der Waals surface area contributed by atoms with Crippen LogP contribution in [0.15, 0.2) is 95.5 Å². The Labute approximate surface area is 233 Å². The van der Waals surface area contributed by atoms with Crippen LogP contribution < -0.4 is 14.4 Å². The van der Waals surface area contributed by atoms with Crippen LogP contribution in [-0.4, -0.2) is 24.9 Å². The molecule has 192 valence electrons. The number of esters is 1. The highest BCUT2D eigenvalue weighted by atomic mass is 79.9. The van der Waals surface area contributed by atoms with Gasteiger partial charge in [-0.2, -0.15) is 0 Å². The number of hydrogen-bond donors (Lipinski definition) is 0. The number of allylic oxidation sites excluding steroid dienone is 1. The average molecular weight is 580 g/mol. The maximum atomic E-state index is 14.1. The number of imide groups is 1. The summed E-state index contributed by atoms with van der Waals surface area (Å²) in [4.78, 5) is 43.1. The van der Waals surface area contributed by atoms with E-state index in [9.17, 15) is 14.4 Å². The van der Waals surface area contributed by atoms with Crippen molar-refractivity contribution in [2.75, 3.05) is 12.0 Å². The summed E-state index contributed by atoms with van der Waals surface area (Å²) < 4.78 is 12.0. The molecular formula is C32H22BrNO5. The van der Waals surface area contributed by atoms with Crippen LogP contribution in [0.3, 0.4) is 0 Å². The van der Waals surface area contributed by atoms with Crippen molar-refractivity contribution in [2.24, 2.45) is 17.8 Å². The van der Waals surface area contributed by atoms with E-state index in [1.54, 1.807) is 25.3 Å². The molecule has 4 atom stereocenters. The van der Waals surface area contributed by atoms with Gasteiger partial charge < -0.3 is 9.47 Å². The third-order valence-electron chi connectivity index (χ3n) is 8.05. The van der Waals surface area contributed by atoms with Gasteiger partial charge in [0.1, 0.15) is 11.5 Å². The largest absolute Gasteiger partial charge is 0.497 e. The lowest BCUT2D eigenvalue weighted by atomic mass is 9.64. The minimum absolute atomic E-state index is 0.323. The fourth-order valence-electron chi connectivity index (χ4n) is 6.31. The fourth-order valence-corrected chi connectivity index (χ4v) is 6.70. The first kappa shape index (κ1) is 23.9. The van der Waals surface area contributed by atoms with E-state index in [2.05, 4.69) is 15.9 Å². The predicted molar refractivity (Wildman–Crippen MR) is 150 cm³/mol. The Kier molecular flexibility index (Phi) is 5.45. The smallest absolute Gasteiger partial charge is 0.319 e. The van der Waals surface area contributed by atoms with E-state index in [1.807, 2.05) is 72.8 Å². The van der Waals surface area contributed by atoms with Crippen LogP contribution in [-0.2, 0) is 14.4 Å². The molecule has 1 aliphatic carbocycles. The van der Waals surface area contributed by atoms with Gasteiger partial charge in [0.25, 0.3) is 0 Å². The summed E-state index contributed by atoms with van der Waals surface area (Å²) in [5, 5.41) is 1.78. The zero-order chi connectivity index (χ0) is 26.8. The number of carbonyl (C=O) groups is 3. The summed E-state index contributed by atoms with van der Waals surface area (Å²) in [5.74, 6) is -2.99. The fraction of sp³-hybridized carbons (Fsp3) is 0.156. The van der Waals surface area contributed by atoms with Gasteiger partial charge in [-0.15, -0.1) is 0 Å². The number of amides is 2. The van der Waals surface area contributed by atoms with Gasteiger partial charge in [-0.3, -0.25) is 14.4 Å². The van der Waals surface area contributed by atoms with Crippen molar-refractivity contribution in [3.05, 3.63) is 107 Å². The molecule has 2 aliphatic heterocycles. The van der Waals surface area contributed by atoms with Crippen LogP contribution in [0.1, 0.15) is 17.0 Å². The van der Waals surface area contributed by atoms with Crippen molar-refractivity contribution in [3.63, 3.8) is 0 Å². The summed E-state index contributed by atoms with van der Waals surface area (Å²) in [6, 6.07) is 26.3. The van der Waals surface area contributed by atoms with E-state index in [0.29, 0.717) is 17.2 Å². The van der Waals surface area contributed by atoms with Crippen LogP contribution in [0.25, 0.3) is 16.3 Å². The third-order valence-corrected chi connectivity index (χ3v) is 8.55. The van der Waals surface area contributed by atoms with Crippen LogP contribution >= 0.6 is 15.9 Å². The van der Waals surface area contributed by atoms with E-state index >= 15 is 0 Å². The second-order valence-corrected chi connectivity index (χ2v) is 10.9. The van der Waals surface area contributed by atoms with Crippen LogP contribution in [0.5, 0.6) is 11.5 Å². The molecule has 3 aliphatic rings. The molecule has 0 bridgehead atoms. The summed E-state index contributed by atoms with van der Waals surface area (Å²) in [6.07, 6.45) is 2.00. The van der Waals surface area contributed by atoms with Crippen molar-refractivity contribution < 1.29 is 23.9 Å². The summed E-state index contributed by atoms with van der Waals surface area (Å²) in [7, 11) is 1.60. The first-order valence-corrected chi connectivity index (χ1v) is 13.5. The Morgan fingerprint density at radius 2 is 1.62 bits per heavy atom. The maximum absolute atomic E-state index is 14.1. The van der Waals surface area contributed by atoms with Crippen molar-refractivity contribution in [2.45, 2.75) is 5.92 Å². The standard InChI is InChI=1S/C32H22BrNO5/c1-38-21-12-9-18(10-13-21)24-16-25-23-14-11-17-5-2-3-8-22(17)29(23)39-32(37)27(25)28-26(24)30(35)34(31(28)36)20-7-4-6-19(33)15-20/h2-16,24,26-28H,1H3/t24-,26+,27-,28-/m0/s1. The van der Waals surface area contributed by atoms with Crippen molar-refractivity contribution in [1.29, 1.82) is 0 Å². The zero-order valence-corrected chi connectivity index (χ0v) is 22.4. The molecule has 7 heteroatoms. The van der Waals surface area contributed by atoms with E-state index in [1.165, 1.54) is 4.90 Å². The Bertz CT molecular complexity index is 1730. The van der Waals surface area contributed by atoms with E-state index in [0.717, 1.165) is 31.9 Å². The van der Waals surface area contributed by atoms with Gasteiger partial charge in [-0.1, -0.05) is 76.6 Å². The molecule has 0 saturated carbocycles. The predicted octanol–water partition coefficient (Wildman–Crippen LogP) is 6.13. The molecule has 1 fully saturated rings. The zero-order valence-electron chi connectivity index (χ0n) is 20.8. The Balaban J connectivity index is 1.44. The summed E-state index contributed by atoms with van der Waals surface area (Å²) >= 11 is 3.45. The Hall–Kier alpha value is -4.23. The molecule has 0 unspecified atom stereocenters. The van der Waals surface area contributed by atoms with Gasteiger partial charge in [0, 0.05) is 21.3 Å². The summed E-state index contributed by atoms with van der Waals surface area (Å²) in [5.41, 5.74) is 2.84. The second kappa shape index (κ2) is 8.92. The minimum atomic E-state index is -0.893. The van der Waals surface area contributed by atoms with Gasteiger partial charge in [0.2, 0.25) is 11.8 Å². The van der Waals surface area contributed by atoms with Gasteiger partial charge in [0.15, 0.2) is 0 Å². The quantitative estimate of drug-likeness (QED) is 0.166. The molecule has 0 N–H and O–H groups in total. The highest BCUT2D eigenvalue weighted by Crippen LogP contribution is 2.55. The SMILES string of the molecule is COc1ccc([C@@H]2C=C3c4ccc5ccccc5c4OC(=O)[C@@H]3[C@H]3C(=O)N(c4cccc(Br)c4)C(=O)[C@@H]32)cc1. The topological polar surface area (TPSA) is 72.9 Å². The number of fused-ring (bicyclic) bond motifs is 7. The number of nitrogens with zero attached hydrogens (tertiary/aromatic N) is 1. The van der Waals surface area contributed by atoms with Crippen LogP contribution in [0.4, 0.5) is 5.69 Å². The van der Waals surface area contributed by atoms with Crippen molar-refractivity contribution >= 4 is 55.7 Å². The first-order valence-electron chi connectivity index (χ1n) is 12.7. The molecule has 1 saturated heterocycles. The van der Waals surface area contributed by atoms with Gasteiger partial charge in [-0.25, -0.2) is 4.90 Å². The van der Waals surface area contributed by atoms with E-state index in [-0.39, 0.29) is 5.91 Å². The molecular weight excluding hydrogens is 558 g/mol. The third kappa shape index (κ3) is 3.57. The lowest BCUT2D eigenvalue weighted by Crippen LogP contribution is -2.42. The van der Waals surface area contributed by atoms with E-state index < -0.39 is 35.5 Å². The van der Waals surface area contributed by atoms with Gasteiger partial charge in [-0.05, 0) is 46.9 Å². The normalized spacial score (nSPS) is 23.6. The number of halogens is 1. The number of methoxy groups -OCH3 is 1. The highest BCUT2D eigenvalue weighted by Gasteiger charge is 2.60.